The molecule has 4 aliphatic rings. The summed E-state index contributed by atoms with van der Waals surface area (Å²) in [6.07, 6.45) is 10.0. The second kappa shape index (κ2) is 7.67. The lowest BCUT2D eigenvalue weighted by molar-refractivity contribution is -0.129. The molecule has 4 heterocycles. The Labute approximate surface area is 200 Å². The van der Waals surface area contributed by atoms with Gasteiger partial charge in [-0.25, -0.2) is 4.98 Å². The van der Waals surface area contributed by atoms with Crippen LogP contribution in [0.3, 0.4) is 0 Å². The third-order valence-electron chi connectivity index (χ3n) is 8.00. The van der Waals surface area contributed by atoms with Gasteiger partial charge in [0.1, 0.15) is 11.4 Å². The smallest absolute Gasteiger partial charge is 0.293 e. The Morgan fingerprint density at radius 1 is 1.23 bits per heavy atom. The summed E-state index contributed by atoms with van der Waals surface area (Å²) in [6.45, 7) is 0.233. The molecule has 4 aromatic heterocycles. The van der Waals surface area contributed by atoms with Crippen molar-refractivity contribution in [3.63, 3.8) is 0 Å². The summed E-state index contributed by atoms with van der Waals surface area (Å²) in [5, 5.41) is 22.4. The first-order valence-corrected chi connectivity index (χ1v) is 12.1. The second-order valence-corrected chi connectivity index (χ2v) is 10.3. The fourth-order valence-electron chi connectivity index (χ4n) is 6.79. The van der Waals surface area contributed by atoms with Gasteiger partial charge < -0.3 is 29.7 Å². The molecule has 0 saturated heterocycles. The molecular weight excluding hydrogens is 448 g/mol. The van der Waals surface area contributed by atoms with E-state index in [1.165, 1.54) is 0 Å². The summed E-state index contributed by atoms with van der Waals surface area (Å²) in [4.78, 5) is 24.6. The number of pyridine rings is 1. The van der Waals surface area contributed by atoms with Crippen LogP contribution in [0.4, 0.5) is 5.69 Å². The van der Waals surface area contributed by atoms with E-state index in [2.05, 4.69) is 30.7 Å². The first-order chi connectivity index (χ1) is 17.0. The fourth-order valence-corrected chi connectivity index (χ4v) is 6.79. The third kappa shape index (κ3) is 3.51. The van der Waals surface area contributed by atoms with Crippen LogP contribution in [0.1, 0.15) is 48.5 Å². The standard InChI is InChI=1S/C25H26N6O4/c32-23(28-11-16-2-1-5-34-16)22-30-24(35-31-22)18-12-27-21-17(3-4-26-21)20(18)29-19-14-6-13-7-15(19)10-25(33,8-13)9-14/h1-5,12-15,19,33H,6-11H2,(H,28,32)(H2,26,27,29)/t13?,14-,15+,19+,25-. The number of rotatable bonds is 6. The summed E-state index contributed by atoms with van der Waals surface area (Å²) in [5.41, 5.74) is 1.78. The minimum atomic E-state index is -0.496. The largest absolute Gasteiger partial charge is 0.467 e. The number of H-pyrrole nitrogens is 1. The number of amides is 1. The number of anilines is 1. The highest BCUT2D eigenvalue weighted by Crippen LogP contribution is 2.56. The molecule has 10 nitrogen and oxygen atoms in total. The highest BCUT2D eigenvalue weighted by atomic mass is 16.5. The van der Waals surface area contributed by atoms with Gasteiger partial charge in [-0.3, -0.25) is 4.79 Å². The Bertz CT molecular complexity index is 1380. The molecular formula is C25H26N6O4. The number of aliphatic hydroxyl groups is 1. The van der Waals surface area contributed by atoms with Crippen LogP contribution in [0.2, 0.25) is 0 Å². The topological polar surface area (TPSA) is 142 Å². The van der Waals surface area contributed by atoms with Crippen molar-refractivity contribution in [2.75, 3.05) is 5.32 Å². The summed E-state index contributed by atoms with van der Waals surface area (Å²) >= 11 is 0. The zero-order valence-electron chi connectivity index (χ0n) is 19.0. The lowest BCUT2D eigenvalue weighted by Gasteiger charge is -2.58. The molecule has 1 unspecified atom stereocenters. The van der Waals surface area contributed by atoms with E-state index in [1.54, 1.807) is 24.6 Å². The van der Waals surface area contributed by atoms with E-state index in [0.717, 1.165) is 48.8 Å². The molecule has 4 aromatic rings. The van der Waals surface area contributed by atoms with Crippen LogP contribution in [-0.4, -0.2) is 42.8 Å². The van der Waals surface area contributed by atoms with Crippen molar-refractivity contribution in [1.29, 1.82) is 0 Å². The van der Waals surface area contributed by atoms with E-state index in [0.29, 0.717) is 29.1 Å². The molecule has 35 heavy (non-hydrogen) atoms. The van der Waals surface area contributed by atoms with Gasteiger partial charge in [0.25, 0.3) is 17.6 Å². The first-order valence-electron chi connectivity index (χ1n) is 12.1. The number of hydrogen-bond donors (Lipinski definition) is 4. The molecule has 1 amide bonds. The van der Waals surface area contributed by atoms with Gasteiger partial charge >= 0.3 is 0 Å². The number of aromatic amines is 1. The van der Waals surface area contributed by atoms with Gasteiger partial charge in [0.2, 0.25) is 0 Å². The van der Waals surface area contributed by atoms with E-state index in [1.807, 2.05) is 12.3 Å². The summed E-state index contributed by atoms with van der Waals surface area (Å²) in [5.74, 6) is 1.83. The molecule has 4 N–H and O–H groups in total. The maximum absolute atomic E-state index is 12.6. The van der Waals surface area contributed by atoms with Crippen molar-refractivity contribution in [3.05, 3.63) is 48.4 Å². The Morgan fingerprint density at radius 3 is 2.86 bits per heavy atom. The maximum Gasteiger partial charge on any atom is 0.293 e. The molecule has 10 heteroatoms. The van der Waals surface area contributed by atoms with E-state index >= 15 is 0 Å². The van der Waals surface area contributed by atoms with E-state index < -0.39 is 11.5 Å². The van der Waals surface area contributed by atoms with Gasteiger partial charge in [0.05, 0.1) is 29.7 Å². The zero-order chi connectivity index (χ0) is 23.6. The van der Waals surface area contributed by atoms with E-state index in [4.69, 9.17) is 8.94 Å². The third-order valence-corrected chi connectivity index (χ3v) is 8.00. The van der Waals surface area contributed by atoms with Crippen LogP contribution < -0.4 is 10.6 Å². The number of fused-ring (bicyclic) bond motifs is 1. The van der Waals surface area contributed by atoms with Gasteiger partial charge in [-0.1, -0.05) is 5.16 Å². The van der Waals surface area contributed by atoms with Crippen LogP contribution in [0.5, 0.6) is 0 Å². The van der Waals surface area contributed by atoms with Gasteiger partial charge in [0, 0.05) is 23.8 Å². The lowest BCUT2D eigenvalue weighted by Crippen LogP contribution is -2.59. The van der Waals surface area contributed by atoms with E-state index in [9.17, 15) is 9.90 Å². The Kier molecular flexibility index (Phi) is 4.54. The van der Waals surface area contributed by atoms with E-state index in [-0.39, 0.29) is 24.3 Å². The Morgan fingerprint density at radius 2 is 2.09 bits per heavy atom. The Hall–Kier alpha value is -3.66. The average molecular weight is 475 g/mol. The molecule has 0 aliphatic heterocycles. The normalized spacial score (nSPS) is 29.1. The second-order valence-electron chi connectivity index (χ2n) is 10.3. The molecule has 0 spiro atoms. The predicted molar refractivity (Wildman–Crippen MR) is 125 cm³/mol. The fraction of sp³-hybridized carbons (Fsp3) is 0.440. The molecule has 4 aliphatic carbocycles. The molecule has 0 radical (unpaired) electrons. The van der Waals surface area contributed by atoms with Crippen LogP contribution in [0.15, 0.2) is 45.8 Å². The first kappa shape index (κ1) is 20.7. The summed E-state index contributed by atoms with van der Waals surface area (Å²) in [6, 6.07) is 5.77. The van der Waals surface area contributed by atoms with Gasteiger partial charge in [-0.2, -0.15) is 4.98 Å². The van der Waals surface area contributed by atoms with Crippen LogP contribution in [0.25, 0.3) is 22.5 Å². The number of carbonyl (C=O) groups excluding carboxylic acids is 1. The molecule has 0 aromatic carbocycles. The predicted octanol–water partition coefficient (Wildman–Crippen LogP) is 3.49. The minimum Gasteiger partial charge on any atom is -0.467 e. The van der Waals surface area contributed by atoms with Gasteiger partial charge in [-0.05, 0) is 68.1 Å². The van der Waals surface area contributed by atoms with Crippen molar-refractivity contribution in [2.45, 2.75) is 50.3 Å². The SMILES string of the molecule is O=C(NCc1ccco1)c1noc(-c2cnc3[nH]ccc3c2N[C@H]2[C@@H]3CC4C[C@H]2C[C@@](O)(C4)C3)n1. The van der Waals surface area contributed by atoms with Gasteiger partial charge in [-0.15, -0.1) is 0 Å². The van der Waals surface area contributed by atoms with Crippen molar-refractivity contribution in [1.82, 2.24) is 25.4 Å². The van der Waals surface area contributed by atoms with Crippen LogP contribution in [-0.2, 0) is 6.54 Å². The van der Waals surface area contributed by atoms with Gasteiger partial charge in [0.15, 0.2) is 0 Å². The molecule has 8 rings (SSSR count). The minimum absolute atomic E-state index is 0.0523. The summed E-state index contributed by atoms with van der Waals surface area (Å²) in [7, 11) is 0. The molecule has 5 atom stereocenters. The number of nitrogens with zero attached hydrogens (tertiary/aromatic N) is 3. The molecule has 4 bridgehead atoms. The maximum atomic E-state index is 12.6. The van der Waals surface area contributed by atoms with Crippen molar-refractivity contribution < 1.29 is 18.8 Å². The number of furan rings is 1. The van der Waals surface area contributed by atoms with Crippen molar-refractivity contribution >= 4 is 22.6 Å². The lowest BCUT2D eigenvalue weighted by atomic mass is 9.52. The molecule has 4 saturated carbocycles. The highest BCUT2D eigenvalue weighted by Gasteiger charge is 2.54. The number of carbonyl (C=O) groups is 1. The number of hydrogen-bond acceptors (Lipinski definition) is 8. The number of aromatic nitrogens is 4. The number of nitrogens with one attached hydrogen (secondary N) is 3. The van der Waals surface area contributed by atoms with Crippen molar-refractivity contribution in [2.24, 2.45) is 17.8 Å². The highest BCUT2D eigenvalue weighted by molar-refractivity contribution is 5.97. The Balaban J connectivity index is 1.19. The van der Waals surface area contributed by atoms with Crippen molar-refractivity contribution in [3.8, 4) is 11.5 Å². The van der Waals surface area contributed by atoms with Crippen LogP contribution >= 0.6 is 0 Å². The quantitative estimate of drug-likeness (QED) is 0.333. The summed E-state index contributed by atoms with van der Waals surface area (Å²) < 4.78 is 10.8. The van der Waals surface area contributed by atoms with Crippen LogP contribution in [0, 0.1) is 17.8 Å². The monoisotopic (exact) mass is 474 g/mol. The molecule has 180 valence electrons. The molecule has 4 fully saturated rings. The average Bonchev–Trinajstić information content (AvgIpc) is 3.60. The zero-order valence-corrected chi connectivity index (χ0v) is 19.0.